The Balaban J connectivity index is 1.45. The molecule has 3 rings (SSSR count). The number of piperidine rings is 1. The number of amides is 2. The minimum Gasteiger partial charge on any atom is -0.357 e. The number of hydrogen-bond acceptors (Lipinski definition) is 3. The molecule has 2 saturated heterocycles. The minimum atomic E-state index is 0.0186. The van der Waals surface area contributed by atoms with E-state index in [0.717, 1.165) is 51.9 Å². The average molecular weight is 442 g/mol. The maximum Gasteiger partial charge on any atom is 0.244 e. The quantitative estimate of drug-likeness (QED) is 0.503. The van der Waals surface area contributed by atoms with Crippen molar-refractivity contribution < 1.29 is 9.59 Å². The molecule has 2 fully saturated rings. The van der Waals surface area contributed by atoms with E-state index in [2.05, 4.69) is 46.0 Å². The van der Waals surface area contributed by atoms with Crippen LogP contribution in [-0.2, 0) is 16.0 Å². The smallest absolute Gasteiger partial charge is 0.244 e. The monoisotopic (exact) mass is 441 g/mol. The maximum absolute atomic E-state index is 12.7. The van der Waals surface area contributed by atoms with Gasteiger partial charge in [0.05, 0.1) is 0 Å². The molecule has 0 radical (unpaired) electrons. The van der Waals surface area contributed by atoms with Crippen molar-refractivity contribution in [3.8, 4) is 0 Å². The van der Waals surface area contributed by atoms with Gasteiger partial charge in [-0.3, -0.25) is 9.59 Å². The third-order valence-electron chi connectivity index (χ3n) is 6.39. The van der Waals surface area contributed by atoms with Crippen molar-refractivity contribution in [3.05, 3.63) is 35.9 Å². The lowest BCUT2D eigenvalue weighted by atomic mass is 9.90. The molecule has 0 bridgehead atoms. The molecule has 1 unspecified atom stereocenters. The zero-order chi connectivity index (χ0) is 22.9. The van der Waals surface area contributed by atoms with Crippen molar-refractivity contribution in [2.45, 2.75) is 52.5 Å². The van der Waals surface area contributed by atoms with Gasteiger partial charge < -0.3 is 20.4 Å². The summed E-state index contributed by atoms with van der Waals surface area (Å²) in [6.45, 7) is 9.84. The van der Waals surface area contributed by atoms with E-state index in [0.29, 0.717) is 18.4 Å². The number of guanidine groups is 1. The molecule has 2 aliphatic heterocycles. The zero-order valence-corrected chi connectivity index (χ0v) is 19.8. The number of carbonyl (C=O) groups is 2. The van der Waals surface area contributed by atoms with Crippen molar-refractivity contribution in [1.29, 1.82) is 0 Å². The van der Waals surface area contributed by atoms with Gasteiger partial charge in [0.2, 0.25) is 11.8 Å². The number of rotatable bonds is 7. The van der Waals surface area contributed by atoms with Crippen molar-refractivity contribution in [2.75, 3.05) is 39.3 Å². The Kier molecular flexibility index (Phi) is 8.94. The van der Waals surface area contributed by atoms with Crippen LogP contribution in [0.25, 0.3) is 0 Å². The fourth-order valence-electron chi connectivity index (χ4n) is 4.54. The second-order valence-electron chi connectivity index (χ2n) is 9.28. The van der Waals surface area contributed by atoms with Crippen LogP contribution < -0.4 is 10.6 Å². The lowest BCUT2D eigenvalue weighted by Gasteiger charge is -2.32. The van der Waals surface area contributed by atoms with Gasteiger partial charge in [-0.1, -0.05) is 44.2 Å². The van der Waals surface area contributed by atoms with E-state index in [1.807, 2.05) is 30.6 Å². The molecule has 2 amide bonds. The number of hydrogen-bond donors (Lipinski definition) is 2. The second kappa shape index (κ2) is 11.9. The first-order valence-corrected chi connectivity index (χ1v) is 12.1. The SMILES string of the molecule is CCNC(=NCC(=O)N1CCC(Cc2ccccc2)CC1)NC1CCN(C(=O)C(C)C)C1. The first-order valence-electron chi connectivity index (χ1n) is 12.1. The third-order valence-corrected chi connectivity index (χ3v) is 6.39. The van der Waals surface area contributed by atoms with Crippen LogP contribution in [0.2, 0.25) is 0 Å². The fraction of sp³-hybridized carbons (Fsp3) is 0.640. The predicted octanol–water partition coefficient (Wildman–Crippen LogP) is 2.28. The molecule has 2 N–H and O–H groups in total. The molecule has 7 nitrogen and oxygen atoms in total. The first kappa shape index (κ1) is 24.1. The number of nitrogens with one attached hydrogen (secondary N) is 2. The molecule has 176 valence electrons. The summed E-state index contributed by atoms with van der Waals surface area (Å²) in [6, 6.07) is 10.8. The molecular weight excluding hydrogens is 402 g/mol. The highest BCUT2D eigenvalue weighted by Gasteiger charge is 2.28. The van der Waals surface area contributed by atoms with E-state index in [1.54, 1.807) is 0 Å². The molecule has 1 atom stereocenters. The second-order valence-corrected chi connectivity index (χ2v) is 9.28. The molecule has 32 heavy (non-hydrogen) atoms. The summed E-state index contributed by atoms with van der Waals surface area (Å²) in [5, 5.41) is 6.64. The van der Waals surface area contributed by atoms with E-state index >= 15 is 0 Å². The molecule has 0 aliphatic carbocycles. The Bertz CT molecular complexity index is 772. The van der Waals surface area contributed by atoms with Crippen molar-refractivity contribution in [1.82, 2.24) is 20.4 Å². The van der Waals surface area contributed by atoms with Gasteiger partial charge in [-0.25, -0.2) is 4.99 Å². The summed E-state index contributed by atoms with van der Waals surface area (Å²) in [5.41, 5.74) is 1.38. The van der Waals surface area contributed by atoms with Crippen LogP contribution in [0.5, 0.6) is 0 Å². The maximum atomic E-state index is 12.7. The molecule has 0 spiro atoms. The molecule has 1 aromatic carbocycles. The number of nitrogens with zero attached hydrogens (tertiary/aromatic N) is 3. The highest BCUT2D eigenvalue weighted by molar-refractivity contribution is 5.85. The topological polar surface area (TPSA) is 77.0 Å². The highest BCUT2D eigenvalue weighted by Crippen LogP contribution is 2.21. The van der Waals surface area contributed by atoms with Gasteiger partial charge in [0.1, 0.15) is 6.54 Å². The van der Waals surface area contributed by atoms with Crippen molar-refractivity contribution >= 4 is 17.8 Å². The zero-order valence-electron chi connectivity index (χ0n) is 19.8. The summed E-state index contributed by atoms with van der Waals surface area (Å²) in [6.07, 6.45) is 4.08. The van der Waals surface area contributed by atoms with Crippen molar-refractivity contribution in [3.63, 3.8) is 0 Å². The predicted molar refractivity (Wildman–Crippen MR) is 128 cm³/mol. The Morgan fingerprint density at radius 2 is 1.75 bits per heavy atom. The van der Waals surface area contributed by atoms with Crippen LogP contribution in [-0.4, -0.2) is 72.9 Å². The van der Waals surface area contributed by atoms with Crippen LogP contribution in [0.4, 0.5) is 0 Å². The van der Waals surface area contributed by atoms with Crippen LogP contribution in [0.1, 0.15) is 45.6 Å². The van der Waals surface area contributed by atoms with Gasteiger partial charge in [-0.15, -0.1) is 0 Å². The summed E-state index contributed by atoms with van der Waals surface area (Å²) in [5.74, 6) is 1.60. The Hall–Kier alpha value is -2.57. The first-order chi connectivity index (χ1) is 15.5. The largest absolute Gasteiger partial charge is 0.357 e. The van der Waals surface area contributed by atoms with Gasteiger partial charge in [0, 0.05) is 44.7 Å². The van der Waals surface area contributed by atoms with E-state index < -0.39 is 0 Å². The lowest BCUT2D eigenvalue weighted by Crippen LogP contribution is -2.46. The van der Waals surface area contributed by atoms with E-state index in [1.165, 1.54) is 5.56 Å². The molecule has 7 heteroatoms. The molecule has 2 heterocycles. The van der Waals surface area contributed by atoms with Gasteiger partial charge in [0.15, 0.2) is 5.96 Å². The molecule has 1 aromatic rings. The average Bonchev–Trinajstić information content (AvgIpc) is 3.26. The summed E-state index contributed by atoms with van der Waals surface area (Å²) in [4.78, 5) is 33.4. The molecule has 0 aromatic heterocycles. The van der Waals surface area contributed by atoms with Crippen LogP contribution in [0.15, 0.2) is 35.3 Å². The van der Waals surface area contributed by atoms with Crippen LogP contribution in [0, 0.1) is 11.8 Å². The molecule has 0 saturated carbocycles. The Morgan fingerprint density at radius 3 is 2.41 bits per heavy atom. The lowest BCUT2D eigenvalue weighted by molar-refractivity contribution is -0.133. The molecule has 2 aliphatic rings. The number of aliphatic imine (C=N–C) groups is 1. The summed E-state index contributed by atoms with van der Waals surface area (Å²) in [7, 11) is 0. The van der Waals surface area contributed by atoms with Gasteiger partial charge in [-0.05, 0) is 44.1 Å². The Labute approximate surface area is 192 Å². The Morgan fingerprint density at radius 1 is 1.06 bits per heavy atom. The van der Waals surface area contributed by atoms with Crippen molar-refractivity contribution in [2.24, 2.45) is 16.8 Å². The number of likely N-dealkylation sites (tertiary alicyclic amines) is 2. The fourth-order valence-corrected chi connectivity index (χ4v) is 4.54. The van der Waals surface area contributed by atoms with Crippen LogP contribution in [0.3, 0.4) is 0 Å². The minimum absolute atomic E-state index is 0.0186. The van der Waals surface area contributed by atoms with E-state index in [4.69, 9.17) is 0 Å². The van der Waals surface area contributed by atoms with E-state index in [9.17, 15) is 9.59 Å². The third kappa shape index (κ3) is 6.97. The summed E-state index contributed by atoms with van der Waals surface area (Å²) >= 11 is 0. The van der Waals surface area contributed by atoms with E-state index in [-0.39, 0.29) is 30.3 Å². The number of benzene rings is 1. The van der Waals surface area contributed by atoms with Gasteiger partial charge >= 0.3 is 0 Å². The normalized spacial score (nSPS) is 20.0. The number of carbonyl (C=O) groups excluding carboxylic acids is 2. The van der Waals surface area contributed by atoms with Gasteiger partial charge in [0.25, 0.3) is 0 Å². The van der Waals surface area contributed by atoms with Crippen LogP contribution >= 0.6 is 0 Å². The summed E-state index contributed by atoms with van der Waals surface area (Å²) < 4.78 is 0. The van der Waals surface area contributed by atoms with Gasteiger partial charge in [-0.2, -0.15) is 0 Å². The highest BCUT2D eigenvalue weighted by atomic mass is 16.2. The standard InChI is InChI=1S/C25H39N5O2/c1-4-26-25(28-22-12-15-30(18-22)24(32)19(2)3)27-17-23(31)29-13-10-21(11-14-29)16-20-8-6-5-7-9-20/h5-9,19,21-22H,4,10-18H2,1-3H3,(H2,26,27,28). The molecular formula is C25H39N5O2.